The molecule has 21 heavy (non-hydrogen) atoms. The van der Waals surface area contributed by atoms with Crippen molar-refractivity contribution in [1.82, 2.24) is 30.8 Å². The van der Waals surface area contributed by atoms with Crippen LogP contribution in [0.2, 0.25) is 0 Å². The van der Waals surface area contributed by atoms with E-state index in [0.29, 0.717) is 22.6 Å². The number of nitriles is 1. The van der Waals surface area contributed by atoms with Crippen LogP contribution >= 0.6 is 0 Å². The first-order chi connectivity index (χ1) is 10.3. The molecule has 0 radical (unpaired) electrons. The Balaban J connectivity index is 1.76. The molecule has 8 nitrogen and oxygen atoms in total. The lowest BCUT2D eigenvalue weighted by Gasteiger charge is -2.06. The van der Waals surface area contributed by atoms with Gasteiger partial charge in [-0.2, -0.15) is 15.6 Å². The number of H-pyrrole nitrogens is 2. The summed E-state index contributed by atoms with van der Waals surface area (Å²) in [6.45, 7) is 0.0396. The Hall–Kier alpha value is -3.28. The number of rotatable bonds is 4. The second-order valence-electron chi connectivity index (χ2n) is 4.05. The number of hydrogen-bond acceptors (Lipinski definition) is 6. The molecule has 0 aliphatic carbocycles. The van der Waals surface area contributed by atoms with Crippen LogP contribution in [0.1, 0.15) is 11.3 Å². The van der Waals surface area contributed by atoms with Crippen LogP contribution in [0.25, 0.3) is 11.4 Å². The zero-order valence-electron chi connectivity index (χ0n) is 10.5. The highest BCUT2D eigenvalue weighted by Crippen LogP contribution is 2.23. The fraction of sp³-hybridized carbons (Fsp3) is 0.0833. The van der Waals surface area contributed by atoms with E-state index in [2.05, 4.69) is 30.8 Å². The Bertz CT molecular complexity index is 790. The Kier molecular flexibility index (Phi) is 3.26. The normalized spacial score (nSPS) is 10.3. The first-order valence-corrected chi connectivity index (χ1v) is 5.86. The topological polar surface area (TPSA) is 116 Å². The van der Waals surface area contributed by atoms with E-state index < -0.39 is 5.82 Å². The maximum absolute atomic E-state index is 14.0. The molecule has 1 aromatic carbocycles. The minimum absolute atomic E-state index is 0.0396. The van der Waals surface area contributed by atoms with Crippen molar-refractivity contribution in [3.63, 3.8) is 0 Å². The summed E-state index contributed by atoms with van der Waals surface area (Å²) in [6, 6.07) is 6.27. The molecular weight excluding hydrogens is 277 g/mol. The van der Waals surface area contributed by atoms with Gasteiger partial charge in [-0.15, -0.1) is 10.2 Å². The molecule has 3 aromatic rings. The highest BCUT2D eigenvalue weighted by Gasteiger charge is 2.11. The number of halogens is 1. The van der Waals surface area contributed by atoms with Crippen LogP contribution in [0, 0.1) is 17.1 Å². The molecule has 0 aliphatic heterocycles. The number of ether oxygens (including phenoxy) is 1. The zero-order valence-corrected chi connectivity index (χ0v) is 10.5. The van der Waals surface area contributed by atoms with E-state index in [4.69, 9.17) is 10.00 Å². The molecule has 0 saturated heterocycles. The molecule has 0 spiro atoms. The molecule has 9 heteroatoms. The monoisotopic (exact) mass is 285 g/mol. The summed E-state index contributed by atoms with van der Waals surface area (Å²) in [6.07, 6.45) is 1.46. The smallest absolute Gasteiger partial charge is 0.204 e. The van der Waals surface area contributed by atoms with Gasteiger partial charge in [-0.25, -0.2) is 4.39 Å². The third-order valence-corrected chi connectivity index (χ3v) is 2.75. The van der Waals surface area contributed by atoms with E-state index in [1.54, 1.807) is 6.07 Å². The summed E-state index contributed by atoms with van der Waals surface area (Å²) in [5.41, 5.74) is 1.33. The third-order valence-electron chi connectivity index (χ3n) is 2.75. The van der Waals surface area contributed by atoms with Crippen molar-refractivity contribution >= 4 is 0 Å². The fourth-order valence-electron chi connectivity index (χ4n) is 1.71. The first kappa shape index (κ1) is 12.7. The van der Waals surface area contributed by atoms with Gasteiger partial charge in [-0.3, -0.25) is 5.10 Å². The molecule has 0 atom stereocenters. The van der Waals surface area contributed by atoms with Gasteiger partial charge >= 0.3 is 0 Å². The second kappa shape index (κ2) is 5.38. The molecule has 2 N–H and O–H groups in total. The summed E-state index contributed by atoms with van der Waals surface area (Å²) in [5, 5.41) is 28.3. The van der Waals surface area contributed by atoms with Gasteiger partial charge < -0.3 is 4.74 Å². The maximum Gasteiger partial charge on any atom is 0.204 e. The van der Waals surface area contributed by atoms with Crippen LogP contribution in [0.5, 0.6) is 5.75 Å². The second-order valence-corrected chi connectivity index (χ2v) is 4.05. The summed E-state index contributed by atoms with van der Waals surface area (Å²) < 4.78 is 19.3. The molecule has 0 aliphatic rings. The zero-order chi connectivity index (χ0) is 14.7. The quantitative estimate of drug-likeness (QED) is 0.743. The number of hydrogen-bond donors (Lipinski definition) is 2. The number of nitrogens with zero attached hydrogens (tertiary/aromatic N) is 5. The SMILES string of the molecule is N#Cc1[nH]ncc1COc1ccc(-c2nn[nH]n2)cc1F. The van der Waals surface area contributed by atoms with Crippen molar-refractivity contribution in [2.24, 2.45) is 0 Å². The van der Waals surface area contributed by atoms with Gasteiger partial charge in [-0.05, 0) is 23.4 Å². The standard InChI is InChI=1S/C12H8FN7O/c13-9-3-7(12-17-19-20-18-12)1-2-11(9)21-6-8-5-15-16-10(8)4-14/h1-3,5H,6H2,(H,15,16)(H,17,18,19,20). The number of aromatic nitrogens is 6. The van der Waals surface area contributed by atoms with Crippen molar-refractivity contribution in [2.45, 2.75) is 6.61 Å². The molecular formula is C12H8FN7O. The molecule has 3 rings (SSSR count). The van der Waals surface area contributed by atoms with Crippen molar-refractivity contribution in [3.05, 3.63) is 41.5 Å². The van der Waals surface area contributed by atoms with Gasteiger partial charge in [0.1, 0.15) is 18.4 Å². The molecule has 0 unspecified atom stereocenters. The Morgan fingerprint density at radius 1 is 1.38 bits per heavy atom. The fourth-order valence-corrected chi connectivity index (χ4v) is 1.71. The van der Waals surface area contributed by atoms with Gasteiger partial charge in [-0.1, -0.05) is 0 Å². The van der Waals surface area contributed by atoms with Crippen LogP contribution in [-0.4, -0.2) is 30.8 Å². The minimum Gasteiger partial charge on any atom is -0.486 e. The summed E-state index contributed by atoms with van der Waals surface area (Å²) in [5.74, 6) is -0.200. The van der Waals surface area contributed by atoms with Crippen LogP contribution in [-0.2, 0) is 6.61 Å². The van der Waals surface area contributed by atoms with Crippen LogP contribution < -0.4 is 4.74 Å². The predicted molar refractivity (Wildman–Crippen MR) is 67.2 cm³/mol. The predicted octanol–water partition coefficient (Wildman–Crippen LogP) is 1.18. The van der Waals surface area contributed by atoms with E-state index in [0.717, 1.165) is 0 Å². The summed E-state index contributed by atoms with van der Waals surface area (Å²) >= 11 is 0. The molecule has 104 valence electrons. The van der Waals surface area contributed by atoms with Gasteiger partial charge in [0.05, 0.1) is 6.20 Å². The van der Waals surface area contributed by atoms with Gasteiger partial charge in [0.15, 0.2) is 11.6 Å². The number of benzene rings is 1. The average Bonchev–Trinajstić information content (AvgIpc) is 3.17. The Morgan fingerprint density at radius 2 is 2.29 bits per heavy atom. The highest BCUT2D eigenvalue weighted by atomic mass is 19.1. The number of aromatic amines is 2. The molecule has 2 aromatic heterocycles. The Morgan fingerprint density at radius 3 is 3.00 bits per heavy atom. The van der Waals surface area contributed by atoms with E-state index in [9.17, 15) is 4.39 Å². The van der Waals surface area contributed by atoms with Crippen LogP contribution in [0.4, 0.5) is 4.39 Å². The van der Waals surface area contributed by atoms with E-state index in [-0.39, 0.29) is 12.4 Å². The van der Waals surface area contributed by atoms with Crippen LogP contribution in [0.3, 0.4) is 0 Å². The Labute approximate surface area is 117 Å². The molecule has 0 amide bonds. The minimum atomic E-state index is -0.556. The molecule has 0 saturated carbocycles. The lowest BCUT2D eigenvalue weighted by molar-refractivity contribution is 0.290. The number of nitrogens with one attached hydrogen (secondary N) is 2. The largest absolute Gasteiger partial charge is 0.486 e. The first-order valence-electron chi connectivity index (χ1n) is 5.86. The van der Waals surface area contributed by atoms with Gasteiger partial charge in [0.2, 0.25) is 5.82 Å². The van der Waals surface area contributed by atoms with Gasteiger partial charge in [0.25, 0.3) is 0 Å². The molecule has 2 heterocycles. The summed E-state index contributed by atoms with van der Waals surface area (Å²) in [7, 11) is 0. The highest BCUT2D eigenvalue weighted by molar-refractivity contribution is 5.55. The lowest BCUT2D eigenvalue weighted by atomic mass is 10.2. The van der Waals surface area contributed by atoms with E-state index >= 15 is 0 Å². The van der Waals surface area contributed by atoms with Gasteiger partial charge in [0, 0.05) is 11.1 Å². The third kappa shape index (κ3) is 2.55. The van der Waals surface area contributed by atoms with Crippen molar-refractivity contribution in [3.8, 4) is 23.2 Å². The van der Waals surface area contributed by atoms with E-state index in [1.807, 2.05) is 6.07 Å². The average molecular weight is 285 g/mol. The molecule has 0 fully saturated rings. The lowest BCUT2D eigenvalue weighted by Crippen LogP contribution is -1.98. The van der Waals surface area contributed by atoms with Crippen molar-refractivity contribution < 1.29 is 9.13 Å². The van der Waals surface area contributed by atoms with Crippen LogP contribution in [0.15, 0.2) is 24.4 Å². The molecule has 0 bridgehead atoms. The number of tetrazole rings is 1. The van der Waals surface area contributed by atoms with E-state index in [1.165, 1.54) is 18.3 Å². The summed E-state index contributed by atoms with van der Waals surface area (Å²) in [4.78, 5) is 0. The van der Waals surface area contributed by atoms with Crippen molar-refractivity contribution in [1.29, 1.82) is 5.26 Å². The van der Waals surface area contributed by atoms with Crippen molar-refractivity contribution in [2.75, 3.05) is 0 Å². The maximum atomic E-state index is 14.0.